The van der Waals surface area contributed by atoms with Gasteiger partial charge in [0.2, 0.25) is 17.7 Å². The molecule has 1 aliphatic heterocycles. The fourth-order valence-electron chi connectivity index (χ4n) is 4.76. The molecule has 6 rings (SSSR count). The van der Waals surface area contributed by atoms with Crippen LogP contribution in [0.2, 0.25) is 0 Å². The SMILES string of the molecule is Cc1noc(NS(=O)(=O)c2ccccc2-c2ccc(-c3ncco3)cc2CN2C(=O)Cc3ccccc32)c1C. The topological polar surface area (TPSA) is 119 Å². The van der Waals surface area contributed by atoms with E-state index in [0.717, 1.165) is 16.8 Å². The van der Waals surface area contributed by atoms with Crippen molar-refractivity contribution in [3.8, 4) is 22.6 Å². The number of sulfonamides is 1. The number of para-hydroxylation sites is 1. The van der Waals surface area contributed by atoms with Gasteiger partial charge in [-0.3, -0.25) is 4.79 Å². The Kier molecular flexibility index (Phi) is 6.03. The number of amides is 1. The molecule has 3 aromatic carbocycles. The van der Waals surface area contributed by atoms with Crippen LogP contribution in [0.5, 0.6) is 0 Å². The van der Waals surface area contributed by atoms with E-state index in [1.807, 2.05) is 42.5 Å². The van der Waals surface area contributed by atoms with E-state index < -0.39 is 10.0 Å². The molecule has 10 heteroatoms. The van der Waals surface area contributed by atoms with Crippen molar-refractivity contribution in [3.05, 3.63) is 102 Å². The lowest BCUT2D eigenvalue weighted by molar-refractivity contribution is -0.117. The molecular weight excluding hydrogens is 516 g/mol. The van der Waals surface area contributed by atoms with Crippen LogP contribution in [0.3, 0.4) is 0 Å². The first-order chi connectivity index (χ1) is 18.8. The second kappa shape index (κ2) is 9.55. The predicted octanol–water partition coefficient (Wildman–Crippen LogP) is 5.50. The number of nitrogens with one attached hydrogen (secondary N) is 1. The zero-order valence-electron chi connectivity index (χ0n) is 21.2. The quantitative estimate of drug-likeness (QED) is 0.289. The molecule has 0 fully saturated rings. The van der Waals surface area contributed by atoms with Crippen LogP contribution in [0.25, 0.3) is 22.6 Å². The lowest BCUT2D eigenvalue weighted by Gasteiger charge is -2.21. The molecule has 9 nitrogen and oxygen atoms in total. The maximum atomic E-state index is 13.6. The van der Waals surface area contributed by atoms with Gasteiger partial charge in [-0.15, -0.1) is 0 Å². The summed E-state index contributed by atoms with van der Waals surface area (Å²) in [5, 5.41) is 3.85. The average Bonchev–Trinajstić information content (AvgIpc) is 3.66. The number of aromatic nitrogens is 2. The van der Waals surface area contributed by atoms with Crippen molar-refractivity contribution in [2.75, 3.05) is 9.62 Å². The molecule has 0 saturated carbocycles. The molecular formula is C29H24N4O5S. The third kappa shape index (κ3) is 4.48. The number of carbonyl (C=O) groups is 1. The zero-order valence-corrected chi connectivity index (χ0v) is 22.0. The van der Waals surface area contributed by atoms with Crippen molar-refractivity contribution < 1.29 is 22.2 Å². The molecule has 1 aliphatic rings. The van der Waals surface area contributed by atoms with E-state index in [4.69, 9.17) is 8.94 Å². The Balaban J connectivity index is 1.47. The van der Waals surface area contributed by atoms with E-state index in [1.165, 1.54) is 12.3 Å². The number of aryl methyl sites for hydroxylation is 1. The van der Waals surface area contributed by atoms with E-state index in [9.17, 15) is 13.2 Å². The summed E-state index contributed by atoms with van der Waals surface area (Å²) in [6.45, 7) is 3.71. The van der Waals surface area contributed by atoms with E-state index in [2.05, 4.69) is 14.9 Å². The standard InChI is InChI=1S/C29H24N4O5S/c1-18-19(2)31-38-28(18)32-39(35,36)26-10-6-4-8-24(26)23-12-11-21(29-30-13-14-37-29)15-22(23)17-33-25-9-5-3-7-20(25)16-27(33)34/h3-15,32H,16-17H2,1-2H3. The third-order valence-electron chi connectivity index (χ3n) is 6.89. The number of nitrogens with zero attached hydrogens (tertiary/aromatic N) is 3. The van der Waals surface area contributed by atoms with Gasteiger partial charge >= 0.3 is 0 Å². The van der Waals surface area contributed by atoms with E-state index in [-0.39, 0.29) is 23.2 Å². The molecule has 2 aromatic heterocycles. The van der Waals surface area contributed by atoms with Gasteiger partial charge in [-0.05, 0) is 54.8 Å². The number of benzene rings is 3. The van der Waals surface area contributed by atoms with Gasteiger partial charge < -0.3 is 13.8 Å². The summed E-state index contributed by atoms with van der Waals surface area (Å²) in [4.78, 5) is 19.1. The van der Waals surface area contributed by atoms with Gasteiger partial charge in [0, 0.05) is 22.4 Å². The van der Waals surface area contributed by atoms with Crippen LogP contribution in [-0.2, 0) is 27.8 Å². The minimum absolute atomic E-state index is 0.0255. The molecule has 0 bridgehead atoms. The largest absolute Gasteiger partial charge is 0.445 e. The minimum atomic E-state index is -4.05. The number of hydrogen-bond donors (Lipinski definition) is 1. The second-order valence-corrected chi connectivity index (χ2v) is 11.0. The molecule has 0 saturated heterocycles. The van der Waals surface area contributed by atoms with Crippen molar-refractivity contribution in [2.45, 2.75) is 31.7 Å². The maximum Gasteiger partial charge on any atom is 0.264 e. The maximum absolute atomic E-state index is 13.6. The Bertz CT molecular complexity index is 1810. The molecule has 1 N–H and O–H groups in total. The first-order valence-electron chi connectivity index (χ1n) is 12.3. The molecule has 0 atom stereocenters. The highest BCUT2D eigenvalue weighted by Crippen LogP contribution is 2.37. The molecule has 1 amide bonds. The number of oxazole rings is 1. The van der Waals surface area contributed by atoms with Crippen LogP contribution in [0.15, 0.2) is 93.0 Å². The van der Waals surface area contributed by atoms with Crippen LogP contribution < -0.4 is 9.62 Å². The normalized spacial score (nSPS) is 13.1. The Morgan fingerprint density at radius 3 is 2.56 bits per heavy atom. The summed E-state index contributed by atoms with van der Waals surface area (Å²) in [5.41, 5.74) is 5.60. The Hall–Kier alpha value is -4.70. The average molecular weight is 541 g/mol. The van der Waals surface area contributed by atoms with Crippen molar-refractivity contribution >= 4 is 27.5 Å². The van der Waals surface area contributed by atoms with Gasteiger partial charge in [-0.25, -0.2) is 18.1 Å². The van der Waals surface area contributed by atoms with Crippen LogP contribution in [-0.4, -0.2) is 24.5 Å². The number of anilines is 2. The first-order valence-corrected chi connectivity index (χ1v) is 13.8. The third-order valence-corrected chi connectivity index (χ3v) is 8.28. The van der Waals surface area contributed by atoms with Gasteiger partial charge in [0.15, 0.2) is 0 Å². The summed E-state index contributed by atoms with van der Waals surface area (Å²) in [6, 6.07) is 19.9. The molecule has 0 aliphatic carbocycles. The van der Waals surface area contributed by atoms with Crippen LogP contribution in [0.1, 0.15) is 22.4 Å². The number of fused-ring (bicyclic) bond motifs is 1. The fraction of sp³-hybridized carbons (Fsp3) is 0.138. The van der Waals surface area contributed by atoms with Gasteiger partial charge in [0.05, 0.1) is 29.8 Å². The lowest BCUT2D eigenvalue weighted by Crippen LogP contribution is -2.26. The van der Waals surface area contributed by atoms with Gasteiger partial charge in [0.1, 0.15) is 6.26 Å². The summed E-state index contributed by atoms with van der Waals surface area (Å²) in [7, 11) is -4.05. The molecule has 0 radical (unpaired) electrons. The van der Waals surface area contributed by atoms with Gasteiger partial charge in [-0.2, -0.15) is 0 Å². The monoisotopic (exact) mass is 540 g/mol. The Labute approximate surface area is 225 Å². The number of hydrogen-bond acceptors (Lipinski definition) is 7. The summed E-state index contributed by atoms with van der Waals surface area (Å²) in [5.74, 6) is 0.470. The smallest absolute Gasteiger partial charge is 0.264 e. The molecule has 5 aromatic rings. The zero-order chi connectivity index (χ0) is 27.1. The summed E-state index contributed by atoms with van der Waals surface area (Å²) < 4.78 is 40.4. The number of rotatable bonds is 7. The molecule has 3 heterocycles. The molecule has 0 unspecified atom stereocenters. The Morgan fingerprint density at radius 1 is 1.00 bits per heavy atom. The van der Waals surface area contributed by atoms with Crippen molar-refractivity contribution in [2.24, 2.45) is 0 Å². The fourth-order valence-corrected chi connectivity index (χ4v) is 6.03. The highest BCUT2D eigenvalue weighted by molar-refractivity contribution is 7.92. The van der Waals surface area contributed by atoms with Crippen molar-refractivity contribution in [1.82, 2.24) is 10.1 Å². The molecule has 39 heavy (non-hydrogen) atoms. The molecule has 0 spiro atoms. The number of carbonyl (C=O) groups excluding carboxylic acids is 1. The predicted molar refractivity (Wildman–Crippen MR) is 145 cm³/mol. The van der Waals surface area contributed by atoms with Gasteiger partial charge in [-0.1, -0.05) is 47.6 Å². The Morgan fingerprint density at radius 2 is 1.79 bits per heavy atom. The van der Waals surface area contributed by atoms with Crippen LogP contribution >= 0.6 is 0 Å². The van der Waals surface area contributed by atoms with Gasteiger partial charge in [0.25, 0.3) is 10.0 Å². The van der Waals surface area contributed by atoms with Crippen LogP contribution in [0.4, 0.5) is 11.6 Å². The van der Waals surface area contributed by atoms with E-state index in [1.54, 1.807) is 43.1 Å². The minimum Gasteiger partial charge on any atom is -0.445 e. The highest BCUT2D eigenvalue weighted by atomic mass is 32.2. The highest BCUT2D eigenvalue weighted by Gasteiger charge is 2.29. The van der Waals surface area contributed by atoms with Crippen molar-refractivity contribution in [3.63, 3.8) is 0 Å². The summed E-state index contributed by atoms with van der Waals surface area (Å²) in [6.07, 6.45) is 3.36. The molecule has 196 valence electrons. The lowest BCUT2D eigenvalue weighted by atomic mass is 9.96. The van der Waals surface area contributed by atoms with E-state index in [0.29, 0.717) is 40.3 Å². The summed E-state index contributed by atoms with van der Waals surface area (Å²) >= 11 is 0. The van der Waals surface area contributed by atoms with Crippen molar-refractivity contribution in [1.29, 1.82) is 0 Å². The second-order valence-electron chi connectivity index (χ2n) is 9.32. The van der Waals surface area contributed by atoms with Crippen LogP contribution in [0, 0.1) is 13.8 Å². The van der Waals surface area contributed by atoms with E-state index >= 15 is 0 Å². The first kappa shape index (κ1) is 24.6.